The normalized spacial score (nSPS) is 11.1. The number of hydrogen-bond acceptors (Lipinski definition) is 4. The molecule has 0 aliphatic carbocycles. The van der Waals surface area contributed by atoms with Gasteiger partial charge in [-0.2, -0.15) is 0 Å². The summed E-state index contributed by atoms with van der Waals surface area (Å²) in [4.78, 5) is 0. The fraction of sp³-hybridized carbons (Fsp3) is 0.429. The number of halogens is 1. The molecule has 0 unspecified atom stereocenters. The maximum absolute atomic E-state index is 13.9. The van der Waals surface area contributed by atoms with Gasteiger partial charge in [-0.15, -0.1) is 5.10 Å². The molecular weight excluding hydrogens is 259 g/mol. The number of rotatable bonds is 6. The first-order valence-corrected chi connectivity index (χ1v) is 6.54. The summed E-state index contributed by atoms with van der Waals surface area (Å²) in [7, 11) is 1.77. The van der Waals surface area contributed by atoms with Crippen molar-refractivity contribution >= 4 is 0 Å². The van der Waals surface area contributed by atoms with Gasteiger partial charge in [0.05, 0.1) is 6.20 Å². The number of nitrogens with zero attached hydrogens (tertiary/aromatic N) is 3. The number of aryl methyl sites for hydroxylation is 1. The molecule has 0 spiro atoms. The zero-order valence-corrected chi connectivity index (χ0v) is 11.9. The predicted molar refractivity (Wildman–Crippen MR) is 73.7 cm³/mol. The Labute approximate surface area is 117 Å². The van der Waals surface area contributed by atoms with Gasteiger partial charge in [0.2, 0.25) is 0 Å². The van der Waals surface area contributed by atoms with Crippen molar-refractivity contribution in [2.75, 3.05) is 0 Å². The molecule has 0 amide bonds. The topological polar surface area (TPSA) is 52.0 Å². The Hall–Kier alpha value is -1.95. The summed E-state index contributed by atoms with van der Waals surface area (Å²) in [6.45, 7) is 4.94. The van der Waals surface area contributed by atoms with Gasteiger partial charge in [0, 0.05) is 19.6 Å². The number of ether oxygens (including phenoxy) is 1. The van der Waals surface area contributed by atoms with E-state index in [0.29, 0.717) is 18.3 Å². The smallest absolute Gasteiger partial charge is 0.165 e. The van der Waals surface area contributed by atoms with Crippen LogP contribution in [0.3, 0.4) is 0 Å². The molecular formula is C14H19FN4O. The van der Waals surface area contributed by atoms with E-state index < -0.39 is 0 Å². The van der Waals surface area contributed by atoms with Crippen LogP contribution in [0, 0.1) is 5.82 Å². The van der Waals surface area contributed by atoms with E-state index in [2.05, 4.69) is 29.5 Å². The van der Waals surface area contributed by atoms with Crippen LogP contribution in [0.4, 0.5) is 4.39 Å². The lowest BCUT2D eigenvalue weighted by atomic mass is 10.2. The second kappa shape index (κ2) is 6.47. The highest BCUT2D eigenvalue weighted by Crippen LogP contribution is 2.19. The Morgan fingerprint density at radius 1 is 1.40 bits per heavy atom. The van der Waals surface area contributed by atoms with Crippen LogP contribution in [0.5, 0.6) is 5.75 Å². The zero-order valence-electron chi connectivity index (χ0n) is 11.9. The van der Waals surface area contributed by atoms with Crippen LogP contribution in [-0.4, -0.2) is 21.0 Å². The van der Waals surface area contributed by atoms with Crippen LogP contribution in [0.25, 0.3) is 0 Å². The minimum absolute atomic E-state index is 0.203. The molecule has 0 atom stereocenters. The molecule has 20 heavy (non-hydrogen) atoms. The minimum atomic E-state index is -0.364. The van der Waals surface area contributed by atoms with Gasteiger partial charge in [0.25, 0.3) is 0 Å². The Morgan fingerprint density at radius 2 is 2.20 bits per heavy atom. The van der Waals surface area contributed by atoms with E-state index in [1.54, 1.807) is 24.0 Å². The van der Waals surface area contributed by atoms with Gasteiger partial charge in [-0.25, -0.2) is 4.39 Å². The van der Waals surface area contributed by atoms with Crippen molar-refractivity contribution in [3.8, 4) is 5.75 Å². The molecule has 1 heterocycles. The third-order valence-corrected chi connectivity index (χ3v) is 2.74. The fourth-order valence-electron chi connectivity index (χ4n) is 1.71. The molecule has 2 rings (SSSR count). The SMILES string of the molecule is CC(C)NCc1ccc(OCc2cn(C)nn2)c(F)c1. The molecule has 1 N–H and O–H groups in total. The maximum Gasteiger partial charge on any atom is 0.165 e. The Kier molecular flexibility index (Phi) is 4.68. The molecule has 6 heteroatoms. The highest BCUT2D eigenvalue weighted by Gasteiger charge is 2.07. The molecule has 2 aromatic rings. The molecule has 0 radical (unpaired) electrons. The van der Waals surface area contributed by atoms with E-state index in [-0.39, 0.29) is 18.2 Å². The number of hydrogen-bond donors (Lipinski definition) is 1. The minimum Gasteiger partial charge on any atom is -0.484 e. The first kappa shape index (κ1) is 14.5. The highest BCUT2D eigenvalue weighted by atomic mass is 19.1. The second-order valence-electron chi connectivity index (χ2n) is 4.97. The van der Waals surface area contributed by atoms with Crippen LogP contribution in [0.15, 0.2) is 24.4 Å². The molecule has 108 valence electrons. The lowest BCUT2D eigenvalue weighted by molar-refractivity contribution is 0.285. The number of nitrogens with one attached hydrogen (secondary N) is 1. The highest BCUT2D eigenvalue weighted by molar-refractivity contribution is 5.29. The lowest BCUT2D eigenvalue weighted by Gasteiger charge is -2.10. The summed E-state index contributed by atoms with van der Waals surface area (Å²) in [5.74, 6) is -0.138. The molecule has 0 saturated carbocycles. The summed E-state index contributed by atoms with van der Waals surface area (Å²) in [6, 6.07) is 5.35. The van der Waals surface area contributed by atoms with E-state index in [0.717, 1.165) is 5.56 Å². The first-order chi connectivity index (χ1) is 9.54. The average Bonchev–Trinajstić information content (AvgIpc) is 2.81. The first-order valence-electron chi connectivity index (χ1n) is 6.54. The van der Waals surface area contributed by atoms with E-state index in [1.165, 1.54) is 6.07 Å². The molecule has 1 aromatic carbocycles. The van der Waals surface area contributed by atoms with Crippen molar-refractivity contribution in [1.29, 1.82) is 0 Å². The van der Waals surface area contributed by atoms with Gasteiger partial charge in [-0.3, -0.25) is 4.68 Å². The van der Waals surface area contributed by atoms with Crippen LogP contribution >= 0.6 is 0 Å². The van der Waals surface area contributed by atoms with Crippen LogP contribution in [0.2, 0.25) is 0 Å². The van der Waals surface area contributed by atoms with Gasteiger partial charge >= 0.3 is 0 Å². The molecule has 0 aliphatic rings. The molecule has 0 saturated heterocycles. The monoisotopic (exact) mass is 278 g/mol. The van der Waals surface area contributed by atoms with Crippen molar-refractivity contribution in [3.63, 3.8) is 0 Å². The van der Waals surface area contributed by atoms with Crippen LogP contribution in [0.1, 0.15) is 25.1 Å². The summed E-state index contributed by atoms with van der Waals surface area (Å²) in [5, 5.41) is 10.9. The summed E-state index contributed by atoms with van der Waals surface area (Å²) in [6.07, 6.45) is 1.73. The van der Waals surface area contributed by atoms with E-state index in [4.69, 9.17) is 4.74 Å². The van der Waals surface area contributed by atoms with Crippen molar-refractivity contribution in [3.05, 3.63) is 41.5 Å². The van der Waals surface area contributed by atoms with Crippen molar-refractivity contribution in [2.45, 2.75) is 33.0 Å². The van der Waals surface area contributed by atoms with Gasteiger partial charge in [0.15, 0.2) is 11.6 Å². The molecule has 1 aromatic heterocycles. The van der Waals surface area contributed by atoms with Gasteiger partial charge < -0.3 is 10.1 Å². The third-order valence-electron chi connectivity index (χ3n) is 2.74. The van der Waals surface area contributed by atoms with E-state index in [1.807, 2.05) is 6.07 Å². The van der Waals surface area contributed by atoms with Gasteiger partial charge in [0.1, 0.15) is 12.3 Å². The average molecular weight is 278 g/mol. The summed E-state index contributed by atoms with van der Waals surface area (Å²) < 4.78 is 20.9. The van der Waals surface area contributed by atoms with Crippen molar-refractivity contribution in [2.24, 2.45) is 7.05 Å². The summed E-state index contributed by atoms with van der Waals surface area (Å²) >= 11 is 0. The summed E-state index contributed by atoms with van der Waals surface area (Å²) in [5.41, 5.74) is 1.56. The Morgan fingerprint density at radius 3 is 2.80 bits per heavy atom. The molecule has 5 nitrogen and oxygen atoms in total. The third kappa shape index (κ3) is 4.03. The predicted octanol–water partition coefficient (Wildman–Crippen LogP) is 2.03. The van der Waals surface area contributed by atoms with Crippen LogP contribution in [-0.2, 0) is 20.2 Å². The van der Waals surface area contributed by atoms with Crippen molar-refractivity contribution < 1.29 is 9.13 Å². The lowest BCUT2D eigenvalue weighted by Crippen LogP contribution is -2.21. The van der Waals surface area contributed by atoms with Gasteiger partial charge in [-0.05, 0) is 17.7 Å². The second-order valence-corrected chi connectivity index (χ2v) is 4.97. The van der Waals surface area contributed by atoms with Gasteiger partial charge in [-0.1, -0.05) is 25.1 Å². The molecule has 0 fully saturated rings. The van der Waals surface area contributed by atoms with Crippen molar-refractivity contribution in [1.82, 2.24) is 20.3 Å². The maximum atomic E-state index is 13.9. The zero-order chi connectivity index (χ0) is 14.5. The Bertz CT molecular complexity index is 568. The quantitative estimate of drug-likeness (QED) is 0.878. The van der Waals surface area contributed by atoms with E-state index in [9.17, 15) is 4.39 Å². The molecule has 0 bridgehead atoms. The Balaban J connectivity index is 1.95. The van der Waals surface area contributed by atoms with Crippen LogP contribution < -0.4 is 10.1 Å². The number of aromatic nitrogens is 3. The fourth-order valence-corrected chi connectivity index (χ4v) is 1.71. The van der Waals surface area contributed by atoms with E-state index >= 15 is 0 Å². The molecule has 0 aliphatic heterocycles. The standard InChI is InChI=1S/C14H19FN4O/c1-10(2)16-7-11-4-5-14(13(15)6-11)20-9-12-8-19(3)18-17-12/h4-6,8,10,16H,7,9H2,1-3H3. The number of benzene rings is 1. The largest absolute Gasteiger partial charge is 0.484 e.